The zero-order valence-corrected chi connectivity index (χ0v) is 19.1. The van der Waals surface area contributed by atoms with Crippen LogP contribution < -0.4 is 34.3 Å². The number of fused-ring (bicyclic) bond motifs is 1. The zero-order valence-electron chi connectivity index (χ0n) is 17.3. The molecule has 2 aliphatic rings. The summed E-state index contributed by atoms with van der Waals surface area (Å²) in [7, 11) is -1.32. The SMILES string of the molecule is O=S(Cc1cc(OCC2OCC3(CC3)CO2)ccn1)c1nc2ccccc2[nH]1.[H-].[Na+]. The molecule has 5 rings (SSSR count). The van der Waals surface area contributed by atoms with Gasteiger partial charge in [-0.25, -0.2) is 4.98 Å². The maximum Gasteiger partial charge on any atom is 1.00 e. The van der Waals surface area contributed by atoms with Gasteiger partial charge in [-0.3, -0.25) is 9.19 Å². The maximum absolute atomic E-state index is 12.7. The molecule has 0 amide bonds. The van der Waals surface area contributed by atoms with Gasteiger partial charge in [-0.2, -0.15) is 0 Å². The Hall–Kier alpha value is -1.29. The number of pyridine rings is 1. The Balaban J connectivity index is 0.00000128. The molecule has 1 aromatic carbocycles. The van der Waals surface area contributed by atoms with Crippen molar-refractivity contribution in [1.82, 2.24) is 15.0 Å². The first kappa shape index (κ1) is 21.0. The summed E-state index contributed by atoms with van der Waals surface area (Å²) >= 11 is 0. The second-order valence-corrected chi connectivity index (χ2v) is 8.76. The van der Waals surface area contributed by atoms with Crippen LogP contribution in [0, 0.1) is 5.41 Å². The predicted octanol–water partition coefficient (Wildman–Crippen LogP) is -0.0859. The monoisotopic (exact) mass is 423 g/mol. The molecule has 148 valence electrons. The summed E-state index contributed by atoms with van der Waals surface area (Å²) in [5, 5.41) is 0.451. The van der Waals surface area contributed by atoms with E-state index in [9.17, 15) is 4.21 Å². The summed E-state index contributed by atoms with van der Waals surface area (Å²) in [6, 6.07) is 11.2. The van der Waals surface area contributed by atoms with Crippen molar-refractivity contribution in [3.8, 4) is 5.75 Å². The minimum absolute atomic E-state index is 0. The van der Waals surface area contributed by atoms with E-state index < -0.39 is 10.8 Å². The number of hydrogen-bond donors (Lipinski definition) is 1. The largest absolute Gasteiger partial charge is 1.00 e. The van der Waals surface area contributed by atoms with E-state index in [1.807, 2.05) is 24.3 Å². The van der Waals surface area contributed by atoms with Crippen LogP contribution in [-0.4, -0.2) is 45.3 Å². The maximum atomic E-state index is 12.7. The number of para-hydroxylation sites is 2. The molecule has 1 unspecified atom stereocenters. The van der Waals surface area contributed by atoms with E-state index in [4.69, 9.17) is 14.2 Å². The van der Waals surface area contributed by atoms with Crippen molar-refractivity contribution in [2.75, 3.05) is 19.8 Å². The second kappa shape index (κ2) is 8.83. The number of aromatic nitrogens is 3. The molecule has 3 heterocycles. The Morgan fingerprint density at radius 1 is 1.24 bits per heavy atom. The van der Waals surface area contributed by atoms with E-state index in [0.29, 0.717) is 23.2 Å². The Morgan fingerprint density at radius 2 is 2.03 bits per heavy atom. The van der Waals surface area contributed by atoms with Gasteiger partial charge >= 0.3 is 29.6 Å². The molecule has 1 N–H and O–H groups in total. The van der Waals surface area contributed by atoms with Crippen molar-refractivity contribution >= 4 is 21.8 Å². The molecule has 3 aromatic rings. The fraction of sp³-hybridized carbons (Fsp3) is 0.400. The van der Waals surface area contributed by atoms with Crippen molar-refractivity contribution < 1.29 is 49.4 Å². The van der Waals surface area contributed by atoms with Gasteiger partial charge in [-0.15, -0.1) is 0 Å². The summed E-state index contributed by atoms with van der Waals surface area (Å²) in [6.07, 6.45) is 3.70. The van der Waals surface area contributed by atoms with Gasteiger partial charge in [0.25, 0.3) is 0 Å². The van der Waals surface area contributed by atoms with Crippen LogP contribution in [-0.2, 0) is 26.0 Å². The predicted molar refractivity (Wildman–Crippen MR) is 104 cm³/mol. The van der Waals surface area contributed by atoms with Crippen molar-refractivity contribution in [2.24, 2.45) is 5.41 Å². The zero-order chi connectivity index (χ0) is 19.0. The van der Waals surface area contributed by atoms with E-state index in [0.717, 1.165) is 24.2 Å². The summed E-state index contributed by atoms with van der Waals surface area (Å²) in [4.78, 5) is 11.8. The second-order valence-electron chi connectivity index (χ2n) is 7.39. The summed E-state index contributed by atoms with van der Waals surface area (Å²) < 4.78 is 29.9. The Kier molecular flexibility index (Phi) is 6.38. The number of ether oxygens (including phenoxy) is 3. The molecule has 29 heavy (non-hydrogen) atoms. The first-order chi connectivity index (χ1) is 13.7. The Labute approximate surface area is 194 Å². The molecule has 1 aliphatic carbocycles. The molecular formula is C20H22N3NaO4S. The number of aromatic amines is 1. The van der Waals surface area contributed by atoms with Crippen LogP contribution in [0.15, 0.2) is 47.8 Å². The fourth-order valence-electron chi connectivity index (χ4n) is 3.22. The van der Waals surface area contributed by atoms with Crippen molar-refractivity contribution in [3.63, 3.8) is 0 Å². The molecule has 1 saturated carbocycles. The van der Waals surface area contributed by atoms with Crippen LogP contribution in [0.2, 0.25) is 0 Å². The van der Waals surface area contributed by atoms with Gasteiger partial charge < -0.3 is 20.6 Å². The topological polar surface area (TPSA) is 86.3 Å². The van der Waals surface area contributed by atoms with E-state index in [2.05, 4.69) is 15.0 Å². The van der Waals surface area contributed by atoms with Crippen LogP contribution in [0.5, 0.6) is 5.75 Å². The molecule has 1 aliphatic heterocycles. The number of hydrogen-bond acceptors (Lipinski definition) is 6. The Morgan fingerprint density at radius 3 is 2.79 bits per heavy atom. The van der Waals surface area contributed by atoms with Gasteiger partial charge in [-0.05, 0) is 31.0 Å². The quantitative estimate of drug-likeness (QED) is 0.558. The van der Waals surface area contributed by atoms with Crippen LogP contribution in [0.3, 0.4) is 0 Å². The van der Waals surface area contributed by atoms with Crippen molar-refractivity contribution in [1.29, 1.82) is 0 Å². The molecule has 2 aromatic heterocycles. The smallest absolute Gasteiger partial charge is 1.00 e. The first-order valence-corrected chi connectivity index (χ1v) is 10.7. The van der Waals surface area contributed by atoms with Crippen LogP contribution in [0.4, 0.5) is 0 Å². The van der Waals surface area contributed by atoms with Gasteiger partial charge in [0.15, 0.2) is 11.4 Å². The van der Waals surface area contributed by atoms with Gasteiger partial charge in [0, 0.05) is 17.7 Å². The average Bonchev–Trinajstić information content (AvgIpc) is 3.32. The van der Waals surface area contributed by atoms with E-state index in [-0.39, 0.29) is 48.4 Å². The number of nitrogens with zero attached hydrogens (tertiary/aromatic N) is 2. The molecule has 0 radical (unpaired) electrons. The fourth-order valence-corrected chi connectivity index (χ4v) is 4.21. The number of benzene rings is 1. The van der Waals surface area contributed by atoms with E-state index in [1.165, 1.54) is 12.8 Å². The van der Waals surface area contributed by atoms with Gasteiger partial charge in [0.1, 0.15) is 12.4 Å². The summed E-state index contributed by atoms with van der Waals surface area (Å²) in [5.74, 6) is 0.918. The van der Waals surface area contributed by atoms with E-state index in [1.54, 1.807) is 18.3 Å². The average molecular weight is 423 g/mol. The van der Waals surface area contributed by atoms with Crippen LogP contribution in [0.1, 0.15) is 20.0 Å². The van der Waals surface area contributed by atoms with Gasteiger partial charge in [-0.1, -0.05) is 12.1 Å². The van der Waals surface area contributed by atoms with Gasteiger partial charge in [0.2, 0.25) is 0 Å². The normalized spacial score (nSPS) is 19.0. The third-order valence-electron chi connectivity index (χ3n) is 5.14. The van der Waals surface area contributed by atoms with E-state index >= 15 is 0 Å². The molecular weight excluding hydrogens is 401 g/mol. The van der Waals surface area contributed by atoms with Crippen LogP contribution in [0.25, 0.3) is 11.0 Å². The number of rotatable bonds is 6. The molecule has 1 spiro atoms. The molecule has 9 heteroatoms. The molecule has 1 atom stereocenters. The third-order valence-corrected chi connectivity index (χ3v) is 6.33. The van der Waals surface area contributed by atoms with Crippen molar-refractivity contribution in [3.05, 3.63) is 48.3 Å². The molecule has 2 fully saturated rings. The summed E-state index contributed by atoms with van der Waals surface area (Å²) in [5.41, 5.74) is 2.63. The van der Waals surface area contributed by atoms with Crippen molar-refractivity contribution in [2.45, 2.75) is 30.0 Å². The third kappa shape index (κ3) is 4.90. The number of imidazole rings is 1. The summed E-state index contributed by atoms with van der Waals surface area (Å²) in [6.45, 7) is 1.82. The number of nitrogens with one attached hydrogen (secondary N) is 1. The van der Waals surface area contributed by atoms with Crippen LogP contribution >= 0.6 is 0 Å². The molecule has 0 bridgehead atoms. The minimum atomic E-state index is -1.32. The standard InChI is InChI=1S/C20H21N3O4S.Na.H/c24-28(19-22-16-3-1-2-4-17(16)23-19)11-14-9-15(5-8-21-14)25-10-18-26-12-20(6-7-20)13-27-18;;/h1-5,8-9,18H,6-7,10-13H2,(H,22,23);;/q;+1;-1. The van der Waals surface area contributed by atoms with Gasteiger partial charge in [0.05, 0.1) is 46.5 Å². The Bertz CT molecular complexity index is 987. The molecule has 7 nitrogen and oxygen atoms in total. The molecule has 1 saturated heterocycles. The minimum Gasteiger partial charge on any atom is -1.00 e. The first-order valence-electron chi connectivity index (χ1n) is 9.33. The number of H-pyrrole nitrogens is 1.